The van der Waals surface area contributed by atoms with E-state index in [0.717, 1.165) is 18.9 Å². The van der Waals surface area contributed by atoms with E-state index in [4.69, 9.17) is 4.74 Å². The minimum absolute atomic E-state index is 0.137. The van der Waals surface area contributed by atoms with Gasteiger partial charge >= 0.3 is 0 Å². The highest BCUT2D eigenvalue weighted by atomic mass is 16.5. The van der Waals surface area contributed by atoms with Gasteiger partial charge in [0.05, 0.1) is 16.8 Å². The molecule has 1 aliphatic heterocycles. The number of anilines is 1. The lowest BCUT2D eigenvalue weighted by atomic mass is 9.99. The lowest BCUT2D eigenvalue weighted by Gasteiger charge is -2.47. The first kappa shape index (κ1) is 16.5. The third kappa shape index (κ3) is 4.07. The van der Waals surface area contributed by atoms with E-state index in [-0.39, 0.29) is 17.1 Å². The molecule has 5 nitrogen and oxygen atoms in total. The number of hydrogen-bond acceptors (Lipinski definition) is 4. The van der Waals surface area contributed by atoms with Crippen LogP contribution in [0, 0.1) is 0 Å². The summed E-state index contributed by atoms with van der Waals surface area (Å²) in [5.74, 6) is 0.728. The lowest BCUT2D eigenvalue weighted by molar-refractivity contribution is -0.133. The largest absolute Gasteiger partial charge is 0.366 e. The molecule has 2 heterocycles. The van der Waals surface area contributed by atoms with E-state index in [1.165, 1.54) is 0 Å². The van der Waals surface area contributed by atoms with Crippen molar-refractivity contribution in [1.82, 2.24) is 10.3 Å². The Morgan fingerprint density at radius 1 is 1.36 bits per heavy atom. The summed E-state index contributed by atoms with van der Waals surface area (Å²) in [5, 5.41) is 2.74. The topological polar surface area (TPSA) is 54.5 Å². The number of aromatic nitrogens is 1. The fourth-order valence-corrected chi connectivity index (χ4v) is 2.92. The molecule has 1 aliphatic rings. The molecule has 22 heavy (non-hydrogen) atoms. The fourth-order valence-electron chi connectivity index (χ4n) is 2.92. The third-order valence-corrected chi connectivity index (χ3v) is 3.44. The van der Waals surface area contributed by atoms with Crippen LogP contribution in [0.15, 0.2) is 31.0 Å². The molecule has 0 bridgehead atoms. The average Bonchev–Trinajstić information content (AvgIpc) is 2.41. The molecule has 5 heteroatoms. The summed E-state index contributed by atoms with van der Waals surface area (Å²) in [6.07, 6.45) is 3.26. The van der Waals surface area contributed by atoms with Gasteiger partial charge in [-0.1, -0.05) is 6.08 Å². The van der Waals surface area contributed by atoms with E-state index >= 15 is 0 Å². The summed E-state index contributed by atoms with van der Waals surface area (Å²) in [6, 6.07) is 3.69. The van der Waals surface area contributed by atoms with Crippen LogP contribution in [0.25, 0.3) is 0 Å². The molecule has 1 aromatic rings. The van der Waals surface area contributed by atoms with Gasteiger partial charge in [-0.3, -0.25) is 4.79 Å². The van der Waals surface area contributed by atoms with E-state index in [2.05, 4.69) is 49.5 Å². The van der Waals surface area contributed by atoms with Gasteiger partial charge in [-0.25, -0.2) is 4.98 Å². The average molecular weight is 303 g/mol. The van der Waals surface area contributed by atoms with E-state index < -0.39 is 0 Å². The number of pyridine rings is 1. The van der Waals surface area contributed by atoms with Crippen LogP contribution in [-0.4, -0.2) is 41.7 Å². The first-order chi connectivity index (χ1) is 10.2. The minimum Gasteiger partial charge on any atom is -0.366 e. The van der Waals surface area contributed by atoms with E-state index in [1.807, 2.05) is 6.07 Å². The highest BCUT2D eigenvalue weighted by Gasteiger charge is 2.38. The van der Waals surface area contributed by atoms with Crippen LogP contribution in [0.1, 0.15) is 38.1 Å². The van der Waals surface area contributed by atoms with E-state index in [1.54, 1.807) is 18.3 Å². The molecule has 0 radical (unpaired) electrons. The van der Waals surface area contributed by atoms with Crippen LogP contribution in [0.5, 0.6) is 0 Å². The number of rotatable bonds is 4. The van der Waals surface area contributed by atoms with Crippen molar-refractivity contribution >= 4 is 11.7 Å². The Hall–Kier alpha value is -1.88. The van der Waals surface area contributed by atoms with Crippen LogP contribution >= 0.6 is 0 Å². The molecule has 0 spiro atoms. The summed E-state index contributed by atoms with van der Waals surface area (Å²) in [5.41, 5.74) is 0.0877. The Balaban J connectivity index is 2.13. The minimum atomic E-state index is -0.233. The number of morpholine rings is 1. The van der Waals surface area contributed by atoms with Crippen molar-refractivity contribution in [3.8, 4) is 0 Å². The summed E-state index contributed by atoms with van der Waals surface area (Å²) < 4.78 is 6.08. The maximum Gasteiger partial charge on any atom is 0.253 e. The Kier molecular flexibility index (Phi) is 4.56. The summed E-state index contributed by atoms with van der Waals surface area (Å²) >= 11 is 0. The number of amides is 1. The number of ether oxygens (including phenoxy) is 1. The molecule has 1 fully saturated rings. The van der Waals surface area contributed by atoms with Gasteiger partial charge in [0.25, 0.3) is 5.91 Å². The number of carbonyl (C=O) groups is 1. The summed E-state index contributed by atoms with van der Waals surface area (Å²) in [7, 11) is 0. The lowest BCUT2D eigenvalue weighted by Crippen LogP contribution is -2.57. The Morgan fingerprint density at radius 3 is 2.50 bits per heavy atom. The maximum atomic E-state index is 11.9. The molecule has 0 aliphatic carbocycles. The molecule has 1 aromatic heterocycles. The molecular formula is C17H25N3O2. The van der Waals surface area contributed by atoms with E-state index in [9.17, 15) is 4.79 Å². The predicted octanol–water partition coefficient (Wildman–Crippen LogP) is 2.39. The first-order valence-electron chi connectivity index (χ1n) is 7.53. The molecule has 0 unspecified atom stereocenters. The number of nitrogens with zero attached hydrogens (tertiary/aromatic N) is 2. The van der Waals surface area contributed by atoms with Crippen molar-refractivity contribution in [1.29, 1.82) is 0 Å². The Morgan fingerprint density at radius 2 is 2.00 bits per heavy atom. The summed E-state index contributed by atoms with van der Waals surface area (Å²) in [6.45, 7) is 13.9. The van der Waals surface area contributed by atoms with Gasteiger partial charge in [-0.2, -0.15) is 0 Å². The molecule has 1 amide bonds. The zero-order valence-corrected chi connectivity index (χ0v) is 13.8. The molecule has 120 valence electrons. The molecule has 1 saturated heterocycles. The zero-order valence-electron chi connectivity index (χ0n) is 13.8. The van der Waals surface area contributed by atoms with Gasteiger partial charge in [0.1, 0.15) is 5.82 Å². The Bertz CT molecular complexity index is 534. The summed E-state index contributed by atoms with van der Waals surface area (Å²) in [4.78, 5) is 18.5. The normalized spacial score (nSPS) is 19.5. The second kappa shape index (κ2) is 6.08. The zero-order chi connectivity index (χ0) is 16.4. The molecule has 0 saturated carbocycles. The fraction of sp³-hybridized carbons (Fsp3) is 0.529. The maximum absolute atomic E-state index is 11.9. The van der Waals surface area contributed by atoms with Crippen molar-refractivity contribution in [2.75, 3.05) is 24.5 Å². The van der Waals surface area contributed by atoms with Crippen LogP contribution in [0.2, 0.25) is 0 Å². The number of nitrogens with one attached hydrogen (secondary N) is 1. The Labute approximate surface area is 132 Å². The highest BCUT2D eigenvalue weighted by molar-refractivity contribution is 5.94. The van der Waals surface area contributed by atoms with Gasteiger partial charge in [-0.05, 0) is 39.8 Å². The van der Waals surface area contributed by atoms with Crippen molar-refractivity contribution in [2.45, 2.75) is 38.9 Å². The van der Waals surface area contributed by atoms with Crippen molar-refractivity contribution in [3.63, 3.8) is 0 Å². The van der Waals surface area contributed by atoms with Gasteiger partial charge in [0.15, 0.2) is 0 Å². The molecular weight excluding hydrogens is 278 g/mol. The van der Waals surface area contributed by atoms with Gasteiger partial charge < -0.3 is 15.0 Å². The second-order valence-corrected chi connectivity index (χ2v) is 6.88. The van der Waals surface area contributed by atoms with Crippen LogP contribution < -0.4 is 10.2 Å². The monoisotopic (exact) mass is 303 g/mol. The van der Waals surface area contributed by atoms with E-state index in [0.29, 0.717) is 12.1 Å². The van der Waals surface area contributed by atoms with Crippen LogP contribution in [-0.2, 0) is 4.74 Å². The quantitative estimate of drug-likeness (QED) is 0.868. The second-order valence-electron chi connectivity index (χ2n) is 6.88. The first-order valence-corrected chi connectivity index (χ1v) is 7.53. The van der Waals surface area contributed by atoms with Crippen LogP contribution in [0.4, 0.5) is 5.82 Å². The van der Waals surface area contributed by atoms with Gasteiger partial charge in [0.2, 0.25) is 0 Å². The SMILES string of the molecule is C=CCNC(=O)c1ccc(N2CC(C)(C)OC(C)(C)C2)nc1. The standard InChI is InChI=1S/C17H25N3O2/c1-6-9-18-15(21)13-7-8-14(19-10-13)20-11-16(2,3)22-17(4,5)12-20/h6-8,10H,1,9,11-12H2,2-5H3,(H,18,21). The molecule has 2 rings (SSSR count). The third-order valence-electron chi connectivity index (χ3n) is 3.44. The van der Waals surface area contributed by atoms with Crippen molar-refractivity contribution < 1.29 is 9.53 Å². The van der Waals surface area contributed by atoms with Crippen LogP contribution in [0.3, 0.4) is 0 Å². The van der Waals surface area contributed by atoms with Crippen molar-refractivity contribution in [3.05, 3.63) is 36.5 Å². The van der Waals surface area contributed by atoms with Gasteiger partial charge in [0, 0.05) is 25.8 Å². The highest BCUT2D eigenvalue weighted by Crippen LogP contribution is 2.30. The van der Waals surface area contributed by atoms with Gasteiger partial charge in [-0.15, -0.1) is 6.58 Å². The molecule has 0 atom stereocenters. The molecule has 1 N–H and O–H groups in total. The number of carbonyl (C=O) groups excluding carboxylic acids is 1. The predicted molar refractivity (Wildman–Crippen MR) is 88.2 cm³/mol. The smallest absolute Gasteiger partial charge is 0.253 e. The molecule has 0 aromatic carbocycles. The number of hydrogen-bond donors (Lipinski definition) is 1. The van der Waals surface area contributed by atoms with Crippen molar-refractivity contribution in [2.24, 2.45) is 0 Å².